The first-order chi connectivity index (χ1) is 8.01. The standard InChI is InChI=1S/C14H14O3/c1-14(8-9-14)12(15)7-4-10-2-5-11(6-3-10)13(16)17/h2-7H,8-9H2,1H3,(H,16,17)/b7-4+. The molecule has 0 heterocycles. The van der Waals surface area contributed by atoms with E-state index in [0.717, 1.165) is 18.4 Å². The van der Waals surface area contributed by atoms with Crippen molar-refractivity contribution in [3.63, 3.8) is 0 Å². The molecule has 0 atom stereocenters. The number of hydrogen-bond donors (Lipinski definition) is 1. The Morgan fingerprint density at radius 3 is 2.29 bits per heavy atom. The van der Waals surface area contributed by atoms with E-state index in [9.17, 15) is 9.59 Å². The molecule has 88 valence electrons. The zero-order chi connectivity index (χ0) is 12.5. The number of allylic oxidation sites excluding steroid dienone is 1. The van der Waals surface area contributed by atoms with Gasteiger partial charge in [0.25, 0.3) is 0 Å². The minimum Gasteiger partial charge on any atom is -0.478 e. The molecule has 0 bridgehead atoms. The van der Waals surface area contributed by atoms with Gasteiger partial charge in [-0.05, 0) is 36.6 Å². The fourth-order valence-corrected chi connectivity index (χ4v) is 1.54. The van der Waals surface area contributed by atoms with Gasteiger partial charge in [0.2, 0.25) is 0 Å². The highest BCUT2D eigenvalue weighted by molar-refractivity contribution is 5.99. The molecule has 17 heavy (non-hydrogen) atoms. The van der Waals surface area contributed by atoms with Gasteiger partial charge < -0.3 is 5.11 Å². The fourth-order valence-electron chi connectivity index (χ4n) is 1.54. The summed E-state index contributed by atoms with van der Waals surface area (Å²) in [5.74, 6) is -0.790. The first kappa shape index (κ1) is 11.6. The number of carbonyl (C=O) groups is 2. The van der Waals surface area contributed by atoms with Gasteiger partial charge in [-0.1, -0.05) is 25.1 Å². The van der Waals surface area contributed by atoms with E-state index in [1.54, 1.807) is 24.3 Å². The van der Waals surface area contributed by atoms with Crippen LogP contribution in [0.5, 0.6) is 0 Å². The summed E-state index contributed by atoms with van der Waals surface area (Å²) in [6.45, 7) is 1.97. The average molecular weight is 230 g/mol. The van der Waals surface area contributed by atoms with E-state index < -0.39 is 5.97 Å². The van der Waals surface area contributed by atoms with Gasteiger partial charge in [0.05, 0.1) is 5.56 Å². The molecular weight excluding hydrogens is 216 g/mol. The van der Waals surface area contributed by atoms with Crippen LogP contribution in [-0.4, -0.2) is 16.9 Å². The lowest BCUT2D eigenvalue weighted by atomic mass is 10.0. The highest BCUT2D eigenvalue weighted by atomic mass is 16.4. The number of aromatic carboxylic acids is 1. The second kappa shape index (κ2) is 4.17. The largest absolute Gasteiger partial charge is 0.478 e. The zero-order valence-corrected chi connectivity index (χ0v) is 9.64. The number of carboxylic acid groups (broad SMARTS) is 1. The molecule has 1 aliphatic rings. The molecule has 1 aromatic carbocycles. The number of rotatable bonds is 4. The zero-order valence-electron chi connectivity index (χ0n) is 9.64. The quantitative estimate of drug-likeness (QED) is 0.809. The van der Waals surface area contributed by atoms with E-state index in [0.29, 0.717) is 0 Å². The van der Waals surface area contributed by atoms with E-state index in [2.05, 4.69) is 0 Å². The number of hydrogen-bond acceptors (Lipinski definition) is 2. The Hall–Kier alpha value is -1.90. The summed E-state index contributed by atoms with van der Waals surface area (Å²) in [5, 5.41) is 8.74. The first-order valence-electron chi connectivity index (χ1n) is 5.57. The van der Waals surface area contributed by atoms with Gasteiger partial charge >= 0.3 is 5.97 Å². The van der Waals surface area contributed by atoms with Gasteiger partial charge in [0.1, 0.15) is 0 Å². The van der Waals surface area contributed by atoms with Crippen molar-refractivity contribution < 1.29 is 14.7 Å². The Balaban J connectivity index is 2.06. The molecule has 0 amide bonds. The summed E-state index contributed by atoms with van der Waals surface area (Å²) in [5.41, 5.74) is 0.951. The first-order valence-corrected chi connectivity index (χ1v) is 5.57. The van der Waals surface area contributed by atoms with Crippen LogP contribution in [0.2, 0.25) is 0 Å². The Bertz CT molecular complexity index is 479. The summed E-state index contributed by atoms with van der Waals surface area (Å²) in [4.78, 5) is 22.3. The summed E-state index contributed by atoms with van der Waals surface area (Å²) in [7, 11) is 0. The van der Waals surface area contributed by atoms with Crippen LogP contribution in [0.25, 0.3) is 6.08 Å². The Morgan fingerprint density at radius 2 is 1.82 bits per heavy atom. The van der Waals surface area contributed by atoms with E-state index in [4.69, 9.17) is 5.11 Å². The monoisotopic (exact) mass is 230 g/mol. The fraction of sp³-hybridized carbons (Fsp3) is 0.286. The minimum atomic E-state index is -0.943. The molecule has 0 spiro atoms. The van der Waals surface area contributed by atoms with E-state index >= 15 is 0 Å². The maximum Gasteiger partial charge on any atom is 0.335 e. The molecule has 3 heteroatoms. The van der Waals surface area contributed by atoms with E-state index in [1.807, 2.05) is 6.92 Å². The van der Waals surface area contributed by atoms with Crippen LogP contribution < -0.4 is 0 Å². The van der Waals surface area contributed by atoms with Gasteiger partial charge in [-0.25, -0.2) is 4.79 Å². The van der Waals surface area contributed by atoms with Gasteiger partial charge in [-0.15, -0.1) is 0 Å². The van der Waals surface area contributed by atoms with Crippen molar-refractivity contribution >= 4 is 17.8 Å². The third-order valence-corrected chi connectivity index (χ3v) is 3.18. The van der Waals surface area contributed by atoms with Crippen LogP contribution in [0.3, 0.4) is 0 Å². The number of benzene rings is 1. The van der Waals surface area contributed by atoms with Crippen LogP contribution in [-0.2, 0) is 4.79 Å². The van der Waals surface area contributed by atoms with Crippen molar-refractivity contribution in [2.45, 2.75) is 19.8 Å². The molecule has 1 aromatic rings. The van der Waals surface area contributed by atoms with Gasteiger partial charge in [0.15, 0.2) is 5.78 Å². The SMILES string of the molecule is CC1(C(=O)/C=C/c2ccc(C(=O)O)cc2)CC1. The second-order valence-electron chi connectivity index (χ2n) is 4.69. The van der Waals surface area contributed by atoms with Crippen molar-refractivity contribution in [3.05, 3.63) is 41.5 Å². The molecule has 0 aliphatic heterocycles. The summed E-state index contributed by atoms with van der Waals surface area (Å²) < 4.78 is 0. The molecule has 0 unspecified atom stereocenters. The molecule has 1 aliphatic carbocycles. The predicted molar refractivity (Wildman–Crippen MR) is 64.8 cm³/mol. The Kier molecular flexibility index (Phi) is 2.84. The third kappa shape index (κ3) is 2.61. The average Bonchev–Trinajstić information content (AvgIpc) is 3.06. The molecular formula is C14H14O3. The highest BCUT2D eigenvalue weighted by Crippen LogP contribution is 2.46. The second-order valence-corrected chi connectivity index (χ2v) is 4.69. The van der Waals surface area contributed by atoms with Crippen LogP contribution >= 0.6 is 0 Å². The van der Waals surface area contributed by atoms with Crippen molar-refractivity contribution in [2.24, 2.45) is 5.41 Å². The van der Waals surface area contributed by atoms with Crippen molar-refractivity contribution in [2.75, 3.05) is 0 Å². The van der Waals surface area contributed by atoms with E-state index in [-0.39, 0.29) is 16.8 Å². The molecule has 0 saturated heterocycles. The van der Waals surface area contributed by atoms with Crippen molar-refractivity contribution in [1.82, 2.24) is 0 Å². The molecule has 0 radical (unpaired) electrons. The molecule has 1 N–H and O–H groups in total. The third-order valence-electron chi connectivity index (χ3n) is 3.18. The lowest BCUT2D eigenvalue weighted by Crippen LogP contribution is -2.07. The van der Waals surface area contributed by atoms with Crippen molar-refractivity contribution in [1.29, 1.82) is 0 Å². The predicted octanol–water partition coefficient (Wildman–Crippen LogP) is 2.77. The Morgan fingerprint density at radius 1 is 1.24 bits per heavy atom. The molecule has 3 nitrogen and oxygen atoms in total. The topological polar surface area (TPSA) is 54.4 Å². The van der Waals surface area contributed by atoms with Crippen LogP contribution in [0.4, 0.5) is 0 Å². The van der Waals surface area contributed by atoms with Crippen LogP contribution in [0.15, 0.2) is 30.3 Å². The van der Waals surface area contributed by atoms with E-state index in [1.165, 1.54) is 12.1 Å². The maximum atomic E-state index is 11.7. The van der Waals surface area contributed by atoms with Crippen LogP contribution in [0, 0.1) is 5.41 Å². The van der Waals surface area contributed by atoms with Gasteiger partial charge in [0, 0.05) is 5.41 Å². The summed E-state index contributed by atoms with van der Waals surface area (Å²) >= 11 is 0. The maximum absolute atomic E-state index is 11.7. The van der Waals surface area contributed by atoms with Gasteiger partial charge in [-0.3, -0.25) is 4.79 Å². The Labute approximate surface area is 99.8 Å². The van der Waals surface area contributed by atoms with Gasteiger partial charge in [-0.2, -0.15) is 0 Å². The number of carboxylic acids is 1. The summed E-state index contributed by atoms with van der Waals surface area (Å²) in [6, 6.07) is 6.46. The normalized spacial score (nSPS) is 17.0. The minimum absolute atomic E-state index is 0.141. The number of carbonyl (C=O) groups excluding carboxylic acids is 1. The highest BCUT2D eigenvalue weighted by Gasteiger charge is 2.42. The molecule has 0 aromatic heterocycles. The number of ketones is 1. The van der Waals surface area contributed by atoms with Crippen LogP contribution in [0.1, 0.15) is 35.7 Å². The summed E-state index contributed by atoms with van der Waals surface area (Å²) in [6.07, 6.45) is 5.25. The molecule has 2 rings (SSSR count). The van der Waals surface area contributed by atoms with Crippen molar-refractivity contribution in [3.8, 4) is 0 Å². The smallest absolute Gasteiger partial charge is 0.335 e. The molecule has 1 saturated carbocycles. The lowest BCUT2D eigenvalue weighted by Gasteiger charge is -2.01. The molecule has 1 fully saturated rings. The lowest BCUT2D eigenvalue weighted by molar-refractivity contribution is -0.118.